The van der Waals surface area contributed by atoms with Gasteiger partial charge in [-0.2, -0.15) is 4.63 Å². The number of fused-ring (bicyclic) bond motifs is 1. The van der Waals surface area contributed by atoms with E-state index in [1.807, 2.05) is 49.4 Å². The minimum atomic E-state index is -0.336. The topological polar surface area (TPSA) is 122 Å². The van der Waals surface area contributed by atoms with Gasteiger partial charge in [0.2, 0.25) is 11.8 Å². The minimum absolute atomic E-state index is 0.0192. The number of aromatic amines is 1. The van der Waals surface area contributed by atoms with Crippen LogP contribution in [-0.2, 0) is 25.5 Å². The molecule has 0 aliphatic carbocycles. The van der Waals surface area contributed by atoms with Crippen molar-refractivity contribution >= 4 is 34.8 Å². The van der Waals surface area contributed by atoms with Crippen LogP contribution in [0.15, 0.2) is 54.6 Å². The third-order valence-corrected chi connectivity index (χ3v) is 8.38. The summed E-state index contributed by atoms with van der Waals surface area (Å²) >= 11 is 0. The number of H-pyrrole nitrogens is 1. The fourth-order valence-electron chi connectivity index (χ4n) is 5.69. The van der Waals surface area contributed by atoms with Crippen LogP contribution < -0.4 is 10.2 Å². The first kappa shape index (κ1) is 35.4. The zero-order chi connectivity index (χ0) is 33.4. The van der Waals surface area contributed by atoms with Gasteiger partial charge in [0, 0.05) is 48.1 Å². The van der Waals surface area contributed by atoms with Crippen LogP contribution in [0.25, 0.3) is 17.0 Å². The Hall–Kier alpha value is -4.47. The van der Waals surface area contributed by atoms with Crippen LogP contribution in [0.4, 0.5) is 11.4 Å². The molecule has 10 nitrogen and oxygen atoms in total. The van der Waals surface area contributed by atoms with Gasteiger partial charge in [-0.1, -0.05) is 82.9 Å². The maximum Gasteiger partial charge on any atom is 0.306 e. The van der Waals surface area contributed by atoms with Crippen molar-refractivity contribution in [3.63, 3.8) is 0 Å². The molecule has 2 aromatic carbocycles. The number of anilines is 2. The average molecular weight is 643 g/mol. The number of aryl methyl sites for hydroxylation is 1. The molecule has 0 fully saturated rings. The van der Waals surface area contributed by atoms with E-state index in [9.17, 15) is 14.4 Å². The number of hydrogen-bond donors (Lipinski definition) is 2. The van der Waals surface area contributed by atoms with E-state index in [0.29, 0.717) is 36.7 Å². The summed E-state index contributed by atoms with van der Waals surface area (Å²) in [5.41, 5.74) is 4.95. The molecular formula is C37H50N6O4. The average Bonchev–Trinajstić information content (AvgIpc) is 3.60. The number of hydrogen-bond acceptors (Lipinski definition) is 6. The number of amides is 2. The number of aromatic nitrogens is 4. The van der Waals surface area contributed by atoms with Crippen molar-refractivity contribution in [2.24, 2.45) is 0 Å². The number of ether oxygens (including phenoxy) is 1. The molecule has 0 spiro atoms. The Morgan fingerprint density at radius 1 is 0.872 bits per heavy atom. The van der Waals surface area contributed by atoms with Crippen LogP contribution in [-0.4, -0.2) is 50.7 Å². The van der Waals surface area contributed by atoms with E-state index in [1.165, 1.54) is 51.4 Å². The Balaban J connectivity index is 1.18. The van der Waals surface area contributed by atoms with Gasteiger partial charge < -0.3 is 15.0 Å². The molecule has 2 amide bonds. The number of nitrogens with one attached hydrogen (secondary N) is 2. The van der Waals surface area contributed by atoms with Crippen LogP contribution in [0.1, 0.15) is 102 Å². The molecule has 252 valence electrons. The molecule has 4 rings (SSSR count). The SMILES string of the molecule is CCCCCCCCCCCCOC(=O)CCC(=O)Nc1ccc(-c2nc3c(CCN(C(C)=O)c4ccccc4)c(C)[nH]n3n2)cc1. The van der Waals surface area contributed by atoms with Gasteiger partial charge >= 0.3 is 5.97 Å². The van der Waals surface area contributed by atoms with Gasteiger partial charge in [0.15, 0.2) is 11.5 Å². The Labute approximate surface area is 278 Å². The molecule has 0 unspecified atom stereocenters. The third-order valence-electron chi connectivity index (χ3n) is 8.38. The standard InChI is InChI=1S/C37H50N6O4/c1-4-5-6-7-8-9-10-11-12-16-27-47-35(46)24-23-34(45)38-31-21-19-30(20-22-31)36-39-37-33(28(2)40-43(37)41-36)25-26-42(29(3)44)32-17-14-13-15-18-32/h13-15,17-22,40H,4-12,16,23-27H2,1-3H3,(H,38,45). The smallest absolute Gasteiger partial charge is 0.306 e. The summed E-state index contributed by atoms with van der Waals surface area (Å²) in [5, 5.41) is 10.7. The van der Waals surface area contributed by atoms with Crippen molar-refractivity contribution in [3.8, 4) is 11.4 Å². The molecule has 0 saturated carbocycles. The first-order valence-corrected chi connectivity index (χ1v) is 17.2. The first-order chi connectivity index (χ1) is 22.9. The Morgan fingerprint density at radius 3 is 2.19 bits per heavy atom. The maximum absolute atomic E-state index is 12.5. The molecule has 0 aliphatic rings. The summed E-state index contributed by atoms with van der Waals surface area (Å²) in [6.45, 7) is 6.72. The zero-order valence-corrected chi connectivity index (χ0v) is 28.2. The number of rotatable bonds is 20. The van der Waals surface area contributed by atoms with E-state index >= 15 is 0 Å². The van der Waals surface area contributed by atoms with Crippen LogP contribution in [0.5, 0.6) is 0 Å². The lowest BCUT2D eigenvalue weighted by Crippen LogP contribution is -2.30. The number of carbonyl (C=O) groups excluding carboxylic acids is 3. The van der Waals surface area contributed by atoms with Gasteiger partial charge in [-0.3, -0.25) is 19.5 Å². The minimum Gasteiger partial charge on any atom is -0.466 e. The van der Waals surface area contributed by atoms with Gasteiger partial charge in [0.25, 0.3) is 0 Å². The van der Waals surface area contributed by atoms with E-state index in [0.717, 1.165) is 35.3 Å². The fourth-order valence-corrected chi connectivity index (χ4v) is 5.69. The van der Waals surface area contributed by atoms with E-state index in [-0.39, 0.29) is 30.6 Å². The predicted octanol–water partition coefficient (Wildman–Crippen LogP) is 7.81. The Bertz CT molecular complexity index is 1560. The number of esters is 1. The summed E-state index contributed by atoms with van der Waals surface area (Å²) in [5.74, 6) is -0.0461. The monoisotopic (exact) mass is 642 g/mol. The van der Waals surface area contributed by atoms with Crippen molar-refractivity contribution in [1.82, 2.24) is 19.8 Å². The van der Waals surface area contributed by atoms with Gasteiger partial charge in [-0.15, -0.1) is 5.10 Å². The molecule has 0 saturated heterocycles. The van der Waals surface area contributed by atoms with Gasteiger partial charge in [-0.25, -0.2) is 4.98 Å². The van der Waals surface area contributed by atoms with Crippen molar-refractivity contribution in [2.75, 3.05) is 23.4 Å². The quantitative estimate of drug-likeness (QED) is 0.0749. The van der Waals surface area contributed by atoms with Crippen molar-refractivity contribution in [1.29, 1.82) is 0 Å². The fraction of sp³-hybridized carbons (Fsp3) is 0.486. The molecule has 10 heteroatoms. The predicted molar refractivity (Wildman–Crippen MR) is 186 cm³/mol. The lowest BCUT2D eigenvalue weighted by Gasteiger charge is -2.21. The molecular weight excluding hydrogens is 592 g/mol. The maximum atomic E-state index is 12.5. The first-order valence-electron chi connectivity index (χ1n) is 17.2. The summed E-state index contributed by atoms with van der Waals surface area (Å²) in [4.78, 5) is 43.4. The second-order valence-corrected chi connectivity index (χ2v) is 12.2. The Kier molecular flexibility index (Phi) is 14.0. The highest BCUT2D eigenvalue weighted by atomic mass is 16.5. The molecule has 47 heavy (non-hydrogen) atoms. The second-order valence-electron chi connectivity index (χ2n) is 12.2. The van der Waals surface area contributed by atoms with Gasteiger partial charge in [0.05, 0.1) is 13.0 Å². The molecule has 2 N–H and O–H groups in total. The molecule has 0 bridgehead atoms. The number of unbranched alkanes of at least 4 members (excludes halogenated alkanes) is 9. The van der Waals surface area contributed by atoms with Crippen LogP contribution in [0, 0.1) is 6.92 Å². The lowest BCUT2D eigenvalue weighted by atomic mass is 10.1. The van der Waals surface area contributed by atoms with Gasteiger partial charge in [0.1, 0.15) is 0 Å². The highest BCUT2D eigenvalue weighted by Gasteiger charge is 2.18. The normalized spacial score (nSPS) is 11.1. The van der Waals surface area contributed by atoms with E-state index in [1.54, 1.807) is 28.6 Å². The number of carbonyl (C=O) groups is 3. The zero-order valence-electron chi connectivity index (χ0n) is 28.2. The summed E-state index contributed by atoms with van der Waals surface area (Å²) in [7, 11) is 0. The highest BCUT2D eigenvalue weighted by molar-refractivity contribution is 5.93. The van der Waals surface area contributed by atoms with Gasteiger partial charge in [-0.05, 0) is 56.2 Å². The molecule has 4 aromatic rings. The molecule has 0 radical (unpaired) electrons. The third kappa shape index (κ3) is 11.1. The number of para-hydroxylation sites is 1. The molecule has 0 aliphatic heterocycles. The van der Waals surface area contributed by atoms with E-state index < -0.39 is 0 Å². The highest BCUT2D eigenvalue weighted by Crippen LogP contribution is 2.23. The summed E-state index contributed by atoms with van der Waals surface area (Å²) in [6.07, 6.45) is 13.0. The molecule has 2 aromatic heterocycles. The van der Waals surface area contributed by atoms with Crippen LogP contribution in [0.2, 0.25) is 0 Å². The summed E-state index contributed by atoms with van der Waals surface area (Å²) in [6, 6.07) is 16.9. The molecule has 2 heterocycles. The van der Waals surface area contributed by atoms with Crippen molar-refractivity contribution < 1.29 is 19.1 Å². The van der Waals surface area contributed by atoms with E-state index in [2.05, 4.69) is 22.4 Å². The second kappa shape index (κ2) is 18.6. The Morgan fingerprint density at radius 2 is 1.53 bits per heavy atom. The van der Waals surface area contributed by atoms with Crippen molar-refractivity contribution in [3.05, 3.63) is 65.9 Å². The lowest BCUT2D eigenvalue weighted by molar-refractivity contribution is -0.144. The van der Waals surface area contributed by atoms with Crippen LogP contribution in [0.3, 0.4) is 0 Å². The molecule has 0 atom stereocenters. The van der Waals surface area contributed by atoms with E-state index in [4.69, 9.17) is 9.72 Å². The van der Waals surface area contributed by atoms with Crippen molar-refractivity contribution in [2.45, 2.75) is 104 Å². The number of benzene rings is 2. The number of nitrogens with zero attached hydrogens (tertiary/aromatic N) is 4. The summed E-state index contributed by atoms with van der Waals surface area (Å²) < 4.78 is 6.97. The largest absolute Gasteiger partial charge is 0.466 e. The van der Waals surface area contributed by atoms with Crippen LogP contribution >= 0.6 is 0 Å².